The molecule has 1 aliphatic carbocycles. The predicted molar refractivity (Wildman–Crippen MR) is 72.6 cm³/mol. The van der Waals surface area contributed by atoms with E-state index in [2.05, 4.69) is 52.1 Å². The van der Waals surface area contributed by atoms with Crippen molar-refractivity contribution in [2.24, 2.45) is 10.8 Å². The van der Waals surface area contributed by atoms with Crippen molar-refractivity contribution >= 4 is 0 Å². The Hall–Kier alpha value is -0.300. The number of hydrogen-bond acceptors (Lipinski definition) is 1. The van der Waals surface area contributed by atoms with E-state index in [1.54, 1.807) is 0 Å². The van der Waals surface area contributed by atoms with Gasteiger partial charge >= 0.3 is 0 Å². The first-order valence-corrected chi connectivity index (χ1v) is 6.69. The van der Waals surface area contributed by atoms with E-state index >= 15 is 0 Å². The van der Waals surface area contributed by atoms with E-state index in [0.717, 1.165) is 13.0 Å². The van der Waals surface area contributed by atoms with Gasteiger partial charge in [0.25, 0.3) is 0 Å². The average molecular weight is 223 g/mol. The summed E-state index contributed by atoms with van der Waals surface area (Å²) in [5.74, 6) is 0. The Bertz CT molecular complexity index is 222. The molecule has 1 aliphatic rings. The summed E-state index contributed by atoms with van der Waals surface area (Å²) < 4.78 is 0. The highest BCUT2D eigenvalue weighted by molar-refractivity contribution is 4.92. The summed E-state index contributed by atoms with van der Waals surface area (Å²) >= 11 is 0. The van der Waals surface area contributed by atoms with Gasteiger partial charge in [0, 0.05) is 6.04 Å². The number of rotatable bonds is 4. The van der Waals surface area contributed by atoms with Gasteiger partial charge in [0.15, 0.2) is 0 Å². The lowest BCUT2D eigenvalue weighted by Gasteiger charge is -2.45. The first-order valence-electron chi connectivity index (χ1n) is 6.69. The maximum Gasteiger partial charge on any atom is 0.00773 e. The monoisotopic (exact) mass is 223 g/mol. The Morgan fingerprint density at radius 2 is 1.69 bits per heavy atom. The summed E-state index contributed by atoms with van der Waals surface area (Å²) in [6.07, 6.45) is 9.54. The number of nitrogens with one attached hydrogen (secondary N) is 1. The van der Waals surface area contributed by atoms with Crippen LogP contribution in [0.2, 0.25) is 0 Å². The Kier molecular flexibility index (Phi) is 4.61. The van der Waals surface area contributed by atoms with Crippen molar-refractivity contribution < 1.29 is 0 Å². The first-order chi connectivity index (χ1) is 7.35. The highest BCUT2D eigenvalue weighted by Gasteiger charge is 2.37. The van der Waals surface area contributed by atoms with Crippen molar-refractivity contribution in [1.82, 2.24) is 5.32 Å². The topological polar surface area (TPSA) is 12.0 Å². The minimum Gasteiger partial charge on any atom is -0.314 e. The zero-order chi connectivity index (χ0) is 12.2. The van der Waals surface area contributed by atoms with E-state index < -0.39 is 0 Å². The Morgan fingerprint density at radius 1 is 1.12 bits per heavy atom. The predicted octanol–water partition coefficient (Wildman–Crippen LogP) is 4.15. The van der Waals surface area contributed by atoms with Crippen LogP contribution in [0.1, 0.15) is 60.3 Å². The largest absolute Gasteiger partial charge is 0.314 e. The number of hydrogen-bond donors (Lipinski definition) is 1. The van der Waals surface area contributed by atoms with Gasteiger partial charge in [-0.3, -0.25) is 0 Å². The standard InChI is InChI=1S/C15H29N/c1-6-7-8-9-16-13-10-14(2,3)12-15(4,5)11-13/h6-7,13,16H,8-12H2,1-5H3/b7-6+. The minimum absolute atomic E-state index is 0.500. The van der Waals surface area contributed by atoms with Gasteiger partial charge in [-0.05, 0) is 50.0 Å². The fraction of sp³-hybridized carbons (Fsp3) is 0.867. The molecular weight excluding hydrogens is 194 g/mol. The van der Waals surface area contributed by atoms with Gasteiger partial charge in [-0.2, -0.15) is 0 Å². The van der Waals surface area contributed by atoms with Crippen molar-refractivity contribution in [3.63, 3.8) is 0 Å². The Morgan fingerprint density at radius 3 is 2.19 bits per heavy atom. The van der Waals surface area contributed by atoms with Crippen LogP contribution in [0.15, 0.2) is 12.2 Å². The molecule has 0 amide bonds. The molecule has 0 unspecified atom stereocenters. The Balaban J connectivity index is 2.42. The molecule has 0 aromatic heterocycles. The fourth-order valence-corrected chi connectivity index (χ4v) is 3.53. The van der Waals surface area contributed by atoms with Gasteiger partial charge in [-0.1, -0.05) is 39.8 Å². The molecule has 1 nitrogen and oxygen atoms in total. The highest BCUT2D eigenvalue weighted by atomic mass is 14.9. The Labute approximate surface area is 102 Å². The van der Waals surface area contributed by atoms with Crippen LogP contribution < -0.4 is 5.32 Å². The molecule has 1 heteroatoms. The smallest absolute Gasteiger partial charge is 0.00773 e. The molecule has 1 saturated carbocycles. The van der Waals surface area contributed by atoms with Crippen LogP contribution in [0.3, 0.4) is 0 Å². The second-order valence-corrected chi connectivity index (χ2v) is 6.92. The molecule has 0 aromatic carbocycles. The number of allylic oxidation sites excluding steroid dienone is 1. The molecule has 0 heterocycles. The SMILES string of the molecule is C/C=C/CCNC1CC(C)(C)CC(C)(C)C1. The summed E-state index contributed by atoms with van der Waals surface area (Å²) in [7, 11) is 0. The third-order valence-corrected chi connectivity index (χ3v) is 3.53. The van der Waals surface area contributed by atoms with Crippen LogP contribution in [0.5, 0.6) is 0 Å². The second kappa shape index (κ2) is 5.35. The lowest BCUT2D eigenvalue weighted by Crippen LogP contribution is -2.44. The van der Waals surface area contributed by atoms with E-state index in [4.69, 9.17) is 0 Å². The summed E-state index contributed by atoms with van der Waals surface area (Å²) in [6, 6.07) is 0.712. The molecule has 1 rings (SSSR count). The minimum atomic E-state index is 0.500. The van der Waals surface area contributed by atoms with Gasteiger partial charge in [-0.25, -0.2) is 0 Å². The quantitative estimate of drug-likeness (QED) is 0.558. The van der Waals surface area contributed by atoms with Crippen molar-refractivity contribution in [3.05, 3.63) is 12.2 Å². The van der Waals surface area contributed by atoms with Crippen LogP contribution in [0.4, 0.5) is 0 Å². The summed E-state index contributed by atoms with van der Waals surface area (Å²) in [5, 5.41) is 3.72. The van der Waals surface area contributed by atoms with Crippen molar-refractivity contribution in [2.45, 2.75) is 66.3 Å². The fourth-order valence-electron chi connectivity index (χ4n) is 3.53. The molecule has 0 bridgehead atoms. The van der Waals surface area contributed by atoms with Crippen LogP contribution >= 0.6 is 0 Å². The molecule has 16 heavy (non-hydrogen) atoms. The molecule has 0 radical (unpaired) electrons. The maximum absolute atomic E-state index is 3.72. The van der Waals surface area contributed by atoms with E-state index in [0.29, 0.717) is 16.9 Å². The molecule has 0 saturated heterocycles. The van der Waals surface area contributed by atoms with Gasteiger partial charge < -0.3 is 5.32 Å². The molecule has 0 atom stereocenters. The second-order valence-electron chi connectivity index (χ2n) is 6.92. The van der Waals surface area contributed by atoms with Gasteiger partial charge in [0.05, 0.1) is 0 Å². The third-order valence-electron chi connectivity index (χ3n) is 3.53. The third kappa shape index (κ3) is 4.69. The van der Waals surface area contributed by atoms with E-state index in [-0.39, 0.29) is 0 Å². The van der Waals surface area contributed by atoms with E-state index in [1.807, 2.05) is 0 Å². The molecule has 0 spiro atoms. The van der Waals surface area contributed by atoms with Crippen molar-refractivity contribution in [3.8, 4) is 0 Å². The van der Waals surface area contributed by atoms with Gasteiger partial charge in [-0.15, -0.1) is 0 Å². The summed E-state index contributed by atoms with van der Waals surface area (Å²) in [4.78, 5) is 0. The molecule has 1 fully saturated rings. The molecular formula is C15H29N. The van der Waals surface area contributed by atoms with Crippen LogP contribution in [0, 0.1) is 10.8 Å². The molecule has 0 aliphatic heterocycles. The zero-order valence-electron chi connectivity index (χ0n) is 11.8. The normalized spacial score (nSPS) is 25.1. The zero-order valence-corrected chi connectivity index (χ0v) is 11.8. The van der Waals surface area contributed by atoms with Crippen LogP contribution in [-0.2, 0) is 0 Å². The van der Waals surface area contributed by atoms with Gasteiger partial charge in [0.2, 0.25) is 0 Å². The van der Waals surface area contributed by atoms with Crippen LogP contribution in [0.25, 0.3) is 0 Å². The molecule has 1 N–H and O–H groups in total. The van der Waals surface area contributed by atoms with E-state index in [1.165, 1.54) is 19.3 Å². The highest BCUT2D eigenvalue weighted by Crippen LogP contribution is 2.45. The lowest BCUT2D eigenvalue weighted by molar-refractivity contribution is 0.0855. The summed E-state index contributed by atoms with van der Waals surface area (Å²) in [5.41, 5.74) is 1.00. The van der Waals surface area contributed by atoms with Gasteiger partial charge in [0.1, 0.15) is 0 Å². The van der Waals surface area contributed by atoms with Crippen LogP contribution in [-0.4, -0.2) is 12.6 Å². The summed E-state index contributed by atoms with van der Waals surface area (Å²) in [6.45, 7) is 12.9. The van der Waals surface area contributed by atoms with Crippen molar-refractivity contribution in [1.29, 1.82) is 0 Å². The first kappa shape index (κ1) is 13.8. The molecule has 94 valence electrons. The lowest BCUT2D eigenvalue weighted by atomic mass is 9.63. The maximum atomic E-state index is 3.72. The van der Waals surface area contributed by atoms with Crippen molar-refractivity contribution in [2.75, 3.05) is 6.54 Å². The molecule has 0 aromatic rings. The van der Waals surface area contributed by atoms with E-state index in [9.17, 15) is 0 Å². The average Bonchev–Trinajstić information content (AvgIpc) is 2.07.